The van der Waals surface area contributed by atoms with Gasteiger partial charge in [-0.1, -0.05) is 78.0 Å². The standard InChI is InChI=1S/C30H18ClNOS2/c31-19-16-24(30-29(17-19)35-27-13-7-5-11-25(27)33-30)32(20-8-2-1-3-9-20)21-14-15-23-22-10-4-6-12-26(22)34-28(23)18-21/h1-18H. The minimum atomic E-state index is 0.679. The van der Waals surface area contributed by atoms with Gasteiger partial charge in [-0.05, 0) is 54.6 Å². The van der Waals surface area contributed by atoms with Crippen molar-refractivity contribution in [2.24, 2.45) is 0 Å². The fraction of sp³-hybridized carbons (Fsp3) is 0. The van der Waals surface area contributed by atoms with Crippen LogP contribution in [0.15, 0.2) is 119 Å². The number of halogens is 1. The molecule has 2 nitrogen and oxygen atoms in total. The fourth-order valence-corrected chi connectivity index (χ4v) is 7.04. The first-order chi connectivity index (χ1) is 17.2. The fourth-order valence-electron chi connectivity index (χ4n) is 4.60. The third kappa shape index (κ3) is 3.57. The van der Waals surface area contributed by atoms with E-state index in [1.165, 1.54) is 20.2 Å². The highest BCUT2D eigenvalue weighted by atomic mass is 35.5. The molecule has 0 radical (unpaired) electrons. The van der Waals surface area contributed by atoms with Gasteiger partial charge in [-0.3, -0.25) is 0 Å². The molecule has 0 N–H and O–H groups in total. The molecule has 35 heavy (non-hydrogen) atoms. The average molecular weight is 508 g/mol. The molecule has 1 aliphatic heterocycles. The lowest BCUT2D eigenvalue weighted by Crippen LogP contribution is -2.12. The van der Waals surface area contributed by atoms with Crippen molar-refractivity contribution in [3.63, 3.8) is 0 Å². The van der Waals surface area contributed by atoms with Gasteiger partial charge in [-0.2, -0.15) is 0 Å². The highest BCUT2D eigenvalue weighted by Gasteiger charge is 2.26. The molecule has 0 amide bonds. The van der Waals surface area contributed by atoms with E-state index < -0.39 is 0 Å². The minimum absolute atomic E-state index is 0.679. The van der Waals surface area contributed by atoms with Crippen molar-refractivity contribution in [3.8, 4) is 11.5 Å². The zero-order valence-corrected chi connectivity index (χ0v) is 20.8. The topological polar surface area (TPSA) is 12.5 Å². The van der Waals surface area contributed by atoms with Gasteiger partial charge in [0.05, 0.1) is 15.5 Å². The second-order valence-corrected chi connectivity index (χ2v) is 11.0. The first-order valence-electron chi connectivity index (χ1n) is 11.3. The molecule has 5 heteroatoms. The Morgan fingerprint density at radius 1 is 0.629 bits per heavy atom. The highest BCUT2D eigenvalue weighted by Crippen LogP contribution is 2.54. The lowest BCUT2D eigenvalue weighted by atomic mass is 10.1. The van der Waals surface area contributed by atoms with Crippen LogP contribution >= 0.6 is 34.7 Å². The molecule has 168 valence electrons. The molecule has 5 aromatic carbocycles. The van der Waals surface area contributed by atoms with Crippen molar-refractivity contribution in [1.29, 1.82) is 0 Å². The number of fused-ring (bicyclic) bond motifs is 5. The Morgan fingerprint density at radius 2 is 1.40 bits per heavy atom. The van der Waals surface area contributed by atoms with Crippen molar-refractivity contribution < 1.29 is 4.74 Å². The number of hydrogen-bond acceptors (Lipinski definition) is 4. The normalized spacial score (nSPS) is 12.3. The zero-order valence-electron chi connectivity index (χ0n) is 18.4. The Kier molecular flexibility index (Phi) is 4.98. The quantitative estimate of drug-likeness (QED) is 0.236. The molecule has 0 saturated heterocycles. The predicted molar refractivity (Wildman–Crippen MR) is 150 cm³/mol. The maximum absolute atomic E-state index is 6.68. The van der Waals surface area contributed by atoms with E-state index >= 15 is 0 Å². The Balaban J connectivity index is 1.45. The van der Waals surface area contributed by atoms with Crippen LogP contribution in [0, 0.1) is 0 Å². The third-order valence-corrected chi connectivity index (χ3v) is 8.59. The smallest absolute Gasteiger partial charge is 0.165 e. The van der Waals surface area contributed by atoms with Crippen LogP contribution in [0.1, 0.15) is 0 Å². The summed E-state index contributed by atoms with van der Waals surface area (Å²) in [7, 11) is 0. The summed E-state index contributed by atoms with van der Waals surface area (Å²) < 4.78 is 9.05. The van der Waals surface area contributed by atoms with Crippen LogP contribution in [0.5, 0.6) is 11.5 Å². The summed E-state index contributed by atoms with van der Waals surface area (Å²) in [6.45, 7) is 0. The summed E-state index contributed by atoms with van der Waals surface area (Å²) in [6.07, 6.45) is 0. The maximum Gasteiger partial charge on any atom is 0.165 e. The summed E-state index contributed by atoms with van der Waals surface area (Å²) in [5.41, 5.74) is 3.03. The van der Waals surface area contributed by atoms with E-state index in [2.05, 4.69) is 77.7 Å². The highest BCUT2D eigenvalue weighted by molar-refractivity contribution is 7.99. The number of rotatable bonds is 3. The van der Waals surface area contributed by atoms with Crippen LogP contribution in [0.4, 0.5) is 17.1 Å². The number of nitrogens with zero attached hydrogens (tertiary/aromatic N) is 1. The first-order valence-corrected chi connectivity index (χ1v) is 13.3. The third-order valence-electron chi connectivity index (χ3n) is 6.16. The summed E-state index contributed by atoms with van der Waals surface area (Å²) >= 11 is 10.2. The number of hydrogen-bond donors (Lipinski definition) is 0. The van der Waals surface area contributed by atoms with Gasteiger partial charge >= 0.3 is 0 Å². The minimum Gasteiger partial charge on any atom is -0.453 e. The van der Waals surface area contributed by atoms with E-state index in [1.807, 2.05) is 47.7 Å². The van der Waals surface area contributed by atoms with Crippen molar-refractivity contribution >= 4 is 71.9 Å². The van der Waals surface area contributed by atoms with Crippen molar-refractivity contribution in [1.82, 2.24) is 0 Å². The van der Waals surface area contributed by atoms with Gasteiger partial charge in [-0.25, -0.2) is 0 Å². The lowest BCUT2D eigenvalue weighted by Gasteiger charge is -2.30. The van der Waals surface area contributed by atoms with E-state index in [0.29, 0.717) is 5.02 Å². The molecule has 1 aliphatic rings. The molecule has 0 fully saturated rings. The molecule has 0 unspecified atom stereocenters. The van der Waals surface area contributed by atoms with Crippen LogP contribution in [-0.4, -0.2) is 0 Å². The Morgan fingerprint density at radius 3 is 2.31 bits per heavy atom. The molecular weight excluding hydrogens is 490 g/mol. The predicted octanol–water partition coefficient (Wildman–Crippen LogP) is 10.4. The monoisotopic (exact) mass is 507 g/mol. The largest absolute Gasteiger partial charge is 0.453 e. The molecule has 0 aliphatic carbocycles. The van der Waals surface area contributed by atoms with Crippen molar-refractivity contribution in [3.05, 3.63) is 114 Å². The second-order valence-electron chi connectivity index (χ2n) is 8.35. The number of anilines is 3. The summed E-state index contributed by atoms with van der Waals surface area (Å²) in [5, 5.41) is 3.25. The van der Waals surface area contributed by atoms with E-state index in [-0.39, 0.29) is 0 Å². The van der Waals surface area contributed by atoms with E-state index in [1.54, 1.807) is 11.8 Å². The Labute approximate surface area is 216 Å². The molecule has 0 saturated carbocycles. The summed E-state index contributed by atoms with van der Waals surface area (Å²) in [4.78, 5) is 4.34. The molecule has 0 spiro atoms. The molecule has 6 aromatic rings. The van der Waals surface area contributed by atoms with Gasteiger partial charge < -0.3 is 9.64 Å². The molecule has 0 bridgehead atoms. The number of thiophene rings is 1. The average Bonchev–Trinajstić information content (AvgIpc) is 3.26. The van der Waals surface area contributed by atoms with Crippen LogP contribution in [0.3, 0.4) is 0 Å². The van der Waals surface area contributed by atoms with Gasteiger partial charge in [-0.15, -0.1) is 11.3 Å². The van der Waals surface area contributed by atoms with E-state index in [4.69, 9.17) is 16.3 Å². The summed E-state index contributed by atoms with van der Waals surface area (Å²) in [5.74, 6) is 1.68. The van der Waals surface area contributed by atoms with E-state index in [0.717, 1.165) is 38.4 Å². The molecule has 7 rings (SSSR count). The van der Waals surface area contributed by atoms with Gasteiger partial charge in [0.2, 0.25) is 0 Å². The van der Waals surface area contributed by atoms with Crippen molar-refractivity contribution in [2.45, 2.75) is 9.79 Å². The lowest BCUT2D eigenvalue weighted by molar-refractivity contribution is 0.456. The zero-order chi connectivity index (χ0) is 23.4. The SMILES string of the molecule is Clc1cc2c(c(N(c3ccccc3)c3ccc4c(c3)sc3ccccc34)c1)Oc1ccccc1S2. The number of para-hydroxylation sites is 2. The maximum atomic E-state index is 6.68. The van der Waals surface area contributed by atoms with E-state index in [9.17, 15) is 0 Å². The number of benzene rings is 5. The number of ether oxygens (including phenoxy) is 1. The Hall–Kier alpha value is -3.44. The molecule has 1 aromatic heterocycles. The van der Waals surface area contributed by atoms with Crippen LogP contribution in [-0.2, 0) is 0 Å². The molecule has 2 heterocycles. The van der Waals surface area contributed by atoms with Crippen molar-refractivity contribution in [2.75, 3.05) is 4.90 Å². The van der Waals surface area contributed by atoms with Crippen LogP contribution < -0.4 is 9.64 Å². The van der Waals surface area contributed by atoms with Crippen LogP contribution in [0.25, 0.3) is 20.2 Å². The first kappa shape index (κ1) is 20.9. The van der Waals surface area contributed by atoms with Gasteiger partial charge in [0.25, 0.3) is 0 Å². The Bertz CT molecular complexity index is 1730. The summed E-state index contributed by atoms with van der Waals surface area (Å²) in [6, 6.07) is 37.7. The van der Waals surface area contributed by atoms with Gasteiger partial charge in [0.15, 0.2) is 5.75 Å². The second kappa shape index (κ2) is 8.35. The molecule has 0 atom stereocenters. The van der Waals surface area contributed by atoms with Crippen LogP contribution in [0.2, 0.25) is 5.02 Å². The molecular formula is C30H18ClNOS2. The van der Waals surface area contributed by atoms with Gasteiger partial charge in [0.1, 0.15) is 5.75 Å². The van der Waals surface area contributed by atoms with Gasteiger partial charge in [0, 0.05) is 36.6 Å².